The molecule has 0 radical (unpaired) electrons. The van der Waals surface area contributed by atoms with Crippen LogP contribution in [0.4, 0.5) is 0 Å². The first-order valence-corrected chi connectivity index (χ1v) is 6.99. The van der Waals surface area contributed by atoms with Gasteiger partial charge in [0.25, 0.3) is 0 Å². The monoisotopic (exact) mass is 227 g/mol. The summed E-state index contributed by atoms with van der Waals surface area (Å²) in [5.74, 6) is 0.768. The Bertz CT molecular complexity index is 183. The molecule has 0 bridgehead atoms. The molecule has 1 saturated carbocycles. The number of nitrogens with two attached hydrogens (primary N) is 1. The van der Waals surface area contributed by atoms with Gasteiger partial charge in [0.1, 0.15) is 0 Å². The van der Waals surface area contributed by atoms with Crippen molar-refractivity contribution in [2.75, 3.05) is 7.11 Å². The maximum absolute atomic E-state index is 6.42. The second-order valence-corrected chi connectivity index (χ2v) is 5.35. The number of methoxy groups -OCH3 is 1. The lowest BCUT2D eigenvalue weighted by Gasteiger charge is -2.41. The van der Waals surface area contributed by atoms with Crippen LogP contribution < -0.4 is 5.73 Å². The molecule has 0 amide bonds. The lowest BCUT2D eigenvalue weighted by atomic mass is 9.76. The van der Waals surface area contributed by atoms with Gasteiger partial charge >= 0.3 is 0 Å². The minimum atomic E-state index is -0.0131. The van der Waals surface area contributed by atoms with E-state index in [2.05, 4.69) is 13.8 Å². The molecule has 1 aliphatic carbocycles. The quantitative estimate of drug-likeness (QED) is 0.754. The first kappa shape index (κ1) is 14.0. The average Bonchev–Trinajstić information content (AvgIpc) is 2.36. The van der Waals surface area contributed by atoms with Gasteiger partial charge in [0.05, 0.1) is 5.60 Å². The van der Waals surface area contributed by atoms with Crippen LogP contribution in [0.25, 0.3) is 0 Å². The third-order valence-electron chi connectivity index (χ3n) is 4.52. The van der Waals surface area contributed by atoms with Gasteiger partial charge in [0, 0.05) is 13.2 Å². The third-order valence-corrected chi connectivity index (χ3v) is 4.52. The fourth-order valence-corrected chi connectivity index (χ4v) is 3.07. The van der Waals surface area contributed by atoms with Crippen LogP contribution in [0.5, 0.6) is 0 Å². The largest absolute Gasteiger partial charge is 0.377 e. The van der Waals surface area contributed by atoms with Crippen molar-refractivity contribution < 1.29 is 4.74 Å². The molecule has 0 aromatic carbocycles. The zero-order valence-corrected chi connectivity index (χ0v) is 11.3. The smallest absolute Gasteiger partial charge is 0.0828 e. The van der Waals surface area contributed by atoms with E-state index in [1.807, 2.05) is 7.11 Å². The predicted molar refractivity (Wildman–Crippen MR) is 69.5 cm³/mol. The molecule has 2 heteroatoms. The molecule has 0 aliphatic heterocycles. The standard InChI is InChI=1S/C14H29NO/c1-4-12(5-2)11-13(15)14(16-3)9-7-6-8-10-14/h12-13H,4-11,15H2,1-3H3. The zero-order chi connectivity index (χ0) is 12.0. The van der Waals surface area contributed by atoms with Gasteiger partial charge < -0.3 is 10.5 Å². The molecule has 0 saturated heterocycles. The summed E-state index contributed by atoms with van der Waals surface area (Å²) in [4.78, 5) is 0. The number of hydrogen-bond acceptors (Lipinski definition) is 2. The Labute approximate surface area is 101 Å². The first-order valence-electron chi connectivity index (χ1n) is 6.99. The maximum Gasteiger partial charge on any atom is 0.0828 e. The van der Waals surface area contributed by atoms with Gasteiger partial charge in [-0.1, -0.05) is 46.0 Å². The molecule has 1 aliphatic rings. The molecule has 96 valence electrons. The van der Waals surface area contributed by atoms with Gasteiger partial charge in [0.2, 0.25) is 0 Å². The molecule has 1 unspecified atom stereocenters. The van der Waals surface area contributed by atoms with E-state index in [0.717, 1.165) is 25.2 Å². The van der Waals surface area contributed by atoms with E-state index in [4.69, 9.17) is 10.5 Å². The lowest BCUT2D eigenvalue weighted by Crippen LogP contribution is -2.51. The Morgan fingerprint density at radius 1 is 1.12 bits per heavy atom. The van der Waals surface area contributed by atoms with Crippen LogP contribution in [-0.2, 0) is 4.74 Å². The zero-order valence-electron chi connectivity index (χ0n) is 11.3. The van der Waals surface area contributed by atoms with Crippen molar-refractivity contribution in [2.24, 2.45) is 11.7 Å². The van der Waals surface area contributed by atoms with Crippen molar-refractivity contribution in [3.8, 4) is 0 Å². The van der Waals surface area contributed by atoms with E-state index >= 15 is 0 Å². The van der Waals surface area contributed by atoms with Crippen molar-refractivity contribution in [1.82, 2.24) is 0 Å². The Morgan fingerprint density at radius 3 is 2.12 bits per heavy atom. The van der Waals surface area contributed by atoms with Crippen LogP contribution in [0.1, 0.15) is 65.2 Å². The predicted octanol–water partition coefficient (Wildman–Crippen LogP) is 3.49. The normalized spacial score (nSPS) is 22.3. The molecule has 0 heterocycles. The third kappa shape index (κ3) is 3.21. The molecule has 0 aromatic rings. The van der Waals surface area contributed by atoms with Crippen LogP contribution in [0.15, 0.2) is 0 Å². The van der Waals surface area contributed by atoms with Gasteiger partial charge in [-0.25, -0.2) is 0 Å². The number of rotatable bonds is 6. The first-order chi connectivity index (χ1) is 7.68. The summed E-state index contributed by atoms with van der Waals surface area (Å²) in [5, 5.41) is 0. The summed E-state index contributed by atoms with van der Waals surface area (Å²) in [6, 6.07) is 0.225. The highest BCUT2D eigenvalue weighted by molar-refractivity contribution is 4.94. The van der Waals surface area contributed by atoms with E-state index in [1.54, 1.807) is 0 Å². The number of hydrogen-bond donors (Lipinski definition) is 1. The van der Waals surface area contributed by atoms with E-state index in [-0.39, 0.29) is 11.6 Å². The average molecular weight is 227 g/mol. The second-order valence-electron chi connectivity index (χ2n) is 5.35. The molecular formula is C14H29NO. The van der Waals surface area contributed by atoms with Crippen LogP contribution in [0, 0.1) is 5.92 Å². The Morgan fingerprint density at radius 2 is 1.69 bits per heavy atom. The van der Waals surface area contributed by atoms with Crippen molar-refractivity contribution in [1.29, 1.82) is 0 Å². The Hall–Kier alpha value is -0.0800. The minimum Gasteiger partial charge on any atom is -0.377 e. The molecule has 0 spiro atoms. The summed E-state index contributed by atoms with van der Waals surface area (Å²) in [7, 11) is 1.85. The Kier molecular flexibility index (Phi) is 5.77. The number of ether oxygens (including phenoxy) is 1. The molecule has 2 N–H and O–H groups in total. The van der Waals surface area contributed by atoms with Crippen LogP contribution in [0.2, 0.25) is 0 Å². The van der Waals surface area contributed by atoms with Crippen LogP contribution in [-0.4, -0.2) is 18.8 Å². The summed E-state index contributed by atoms with van der Waals surface area (Å²) >= 11 is 0. The lowest BCUT2D eigenvalue weighted by molar-refractivity contribution is -0.0633. The van der Waals surface area contributed by atoms with Gasteiger partial charge in [-0.2, -0.15) is 0 Å². The summed E-state index contributed by atoms with van der Waals surface area (Å²) < 4.78 is 5.81. The van der Waals surface area contributed by atoms with E-state index in [0.29, 0.717) is 0 Å². The summed E-state index contributed by atoms with van der Waals surface area (Å²) in [5.41, 5.74) is 6.41. The maximum atomic E-state index is 6.42. The molecule has 16 heavy (non-hydrogen) atoms. The minimum absolute atomic E-state index is 0.0131. The van der Waals surface area contributed by atoms with Crippen molar-refractivity contribution in [2.45, 2.75) is 76.9 Å². The topological polar surface area (TPSA) is 35.2 Å². The van der Waals surface area contributed by atoms with Crippen molar-refractivity contribution in [3.05, 3.63) is 0 Å². The Balaban J connectivity index is 2.56. The SMILES string of the molecule is CCC(CC)CC(N)C1(OC)CCCCC1. The highest BCUT2D eigenvalue weighted by Crippen LogP contribution is 2.35. The van der Waals surface area contributed by atoms with Gasteiger partial charge in [-0.05, 0) is 25.2 Å². The van der Waals surface area contributed by atoms with Crippen LogP contribution >= 0.6 is 0 Å². The van der Waals surface area contributed by atoms with E-state index in [1.165, 1.54) is 32.1 Å². The van der Waals surface area contributed by atoms with Gasteiger partial charge in [-0.15, -0.1) is 0 Å². The van der Waals surface area contributed by atoms with Crippen molar-refractivity contribution in [3.63, 3.8) is 0 Å². The molecule has 1 rings (SSSR count). The highest BCUT2D eigenvalue weighted by atomic mass is 16.5. The van der Waals surface area contributed by atoms with Crippen LogP contribution in [0.3, 0.4) is 0 Å². The molecule has 2 nitrogen and oxygen atoms in total. The summed E-state index contributed by atoms with van der Waals surface area (Å²) in [6.07, 6.45) is 9.84. The molecule has 1 atom stereocenters. The van der Waals surface area contributed by atoms with E-state index in [9.17, 15) is 0 Å². The fourth-order valence-electron chi connectivity index (χ4n) is 3.07. The molecule has 0 aromatic heterocycles. The van der Waals surface area contributed by atoms with Gasteiger partial charge in [-0.3, -0.25) is 0 Å². The highest BCUT2D eigenvalue weighted by Gasteiger charge is 2.38. The molecule has 1 fully saturated rings. The second kappa shape index (κ2) is 6.61. The van der Waals surface area contributed by atoms with Crippen molar-refractivity contribution >= 4 is 0 Å². The summed E-state index contributed by atoms with van der Waals surface area (Å²) in [6.45, 7) is 4.53. The van der Waals surface area contributed by atoms with Gasteiger partial charge in [0.15, 0.2) is 0 Å². The van der Waals surface area contributed by atoms with E-state index < -0.39 is 0 Å². The molecular weight excluding hydrogens is 198 g/mol. The fraction of sp³-hybridized carbons (Fsp3) is 1.00.